The van der Waals surface area contributed by atoms with Gasteiger partial charge in [0.2, 0.25) is 10.0 Å². The summed E-state index contributed by atoms with van der Waals surface area (Å²) in [7, 11) is -3.72. The molecule has 3 amide bonds. The number of sulfonamides is 1. The summed E-state index contributed by atoms with van der Waals surface area (Å²) in [6, 6.07) is 0.957. The van der Waals surface area contributed by atoms with E-state index in [1.54, 1.807) is 13.8 Å². The molecule has 1 aromatic carbocycles. The van der Waals surface area contributed by atoms with E-state index in [9.17, 15) is 22.8 Å². The van der Waals surface area contributed by atoms with Gasteiger partial charge in [0.1, 0.15) is 0 Å². The normalized spacial score (nSPS) is 16.6. The number of piperidine rings is 1. The summed E-state index contributed by atoms with van der Waals surface area (Å²) >= 11 is 0. The first kappa shape index (κ1) is 25.8. The van der Waals surface area contributed by atoms with Crippen molar-refractivity contribution in [2.75, 3.05) is 13.1 Å². The number of carbonyl (C=O) groups excluding carboxylic acids is 3. The maximum atomic E-state index is 13.4. The molecular formula is C22H33N3O6S. The second kappa shape index (κ2) is 9.99. The molecule has 32 heavy (non-hydrogen) atoms. The van der Waals surface area contributed by atoms with Crippen LogP contribution in [0.15, 0.2) is 11.0 Å². The van der Waals surface area contributed by atoms with Crippen molar-refractivity contribution in [2.45, 2.75) is 65.4 Å². The fraction of sp³-hybridized carbons (Fsp3) is 0.591. The van der Waals surface area contributed by atoms with Crippen LogP contribution in [0, 0.1) is 39.5 Å². The number of rotatable bonds is 6. The Morgan fingerprint density at radius 1 is 1.06 bits per heavy atom. The smallest absolute Gasteiger partial charge is 0.318 e. The lowest BCUT2D eigenvalue weighted by molar-refractivity contribution is -0.163. The van der Waals surface area contributed by atoms with Crippen LogP contribution in [0.25, 0.3) is 0 Å². The van der Waals surface area contributed by atoms with E-state index in [2.05, 4.69) is 0 Å². The molecule has 0 aliphatic carbocycles. The number of esters is 1. The van der Waals surface area contributed by atoms with Gasteiger partial charge in [0, 0.05) is 13.1 Å². The number of aryl methyl sites for hydroxylation is 2. The highest BCUT2D eigenvalue weighted by Gasteiger charge is 2.36. The van der Waals surface area contributed by atoms with E-state index in [4.69, 9.17) is 10.5 Å². The summed E-state index contributed by atoms with van der Waals surface area (Å²) in [5.74, 6) is -2.26. The summed E-state index contributed by atoms with van der Waals surface area (Å²) in [4.78, 5) is 36.0. The van der Waals surface area contributed by atoms with Crippen LogP contribution >= 0.6 is 0 Å². The number of ether oxygens (including phenoxy) is 1. The van der Waals surface area contributed by atoms with Gasteiger partial charge in [-0.1, -0.05) is 19.9 Å². The second-order valence-corrected chi connectivity index (χ2v) is 10.6. The fourth-order valence-corrected chi connectivity index (χ4v) is 5.98. The van der Waals surface area contributed by atoms with Crippen LogP contribution in [0.1, 0.15) is 48.9 Å². The first-order chi connectivity index (χ1) is 14.8. The minimum atomic E-state index is -3.72. The average molecular weight is 468 g/mol. The van der Waals surface area contributed by atoms with Gasteiger partial charge in [-0.25, -0.2) is 13.2 Å². The minimum Gasteiger partial charge on any atom is -0.452 e. The van der Waals surface area contributed by atoms with Gasteiger partial charge in [-0.3, -0.25) is 14.9 Å². The molecule has 0 bridgehead atoms. The summed E-state index contributed by atoms with van der Waals surface area (Å²) in [6.07, 6.45) is -0.593. The standard InChI is InChI=1S/C22H33N3O6S/c1-12(2)18(20(26)24-22(23)28)31-21(27)17-7-9-25(10-8-17)32(29,30)19-15(5)13(3)11-14(4)16(19)6/h11-12,17-18H,7-10H2,1-6H3,(H3,23,24,26,28). The number of nitrogens with one attached hydrogen (secondary N) is 1. The molecule has 1 aliphatic rings. The van der Waals surface area contributed by atoms with Crippen LogP contribution in [0.4, 0.5) is 4.79 Å². The third-order valence-electron chi connectivity index (χ3n) is 6.04. The Bertz CT molecular complexity index is 985. The Hall–Kier alpha value is -2.46. The highest BCUT2D eigenvalue weighted by atomic mass is 32.2. The molecule has 3 N–H and O–H groups in total. The number of amides is 3. The average Bonchev–Trinajstić information content (AvgIpc) is 2.69. The van der Waals surface area contributed by atoms with Gasteiger partial charge in [0.15, 0.2) is 6.10 Å². The summed E-state index contributed by atoms with van der Waals surface area (Å²) in [5, 5.41) is 1.93. The third-order valence-corrected chi connectivity index (χ3v) is 8.21. The van der Waals surface area contributed by atoms with E-state index < -0.39 is 40.0 Å². The maximum Gasteiger partial charge on any atom is 0.318 e. The van der Waals surface area contributed by atoms with Crippen molar-refractivity contribution >= 4 is 27.9 Å². The molecule has 1 atom stereocenters. The van der Waals surface area contributed by atoms with Crippen molar-refractivity contribution in [2.24, 2.45) is 17.6 Å². The van der Waals surface area contributed by atoms with E-state index in [0.29, 0.717) is 4.90 Å². The maximum absolute atomic E-state index is 13.4. The molecule has 178 valence electrons. The quantitative estimate of drug-likeness (QED) is 0.615. The number of carbonyl (C=O) groups is 3. The Kier molecular flexibility index (Phi) is 8.06. The van der Waals surface area contributed by atoms with E-state index in [0.717, 1.165) is 22.3 Å². The van der Waals surface area contributed by atoms with Crippen molar-refractivity contribution in [1.82, 2.24) is 9.62 Å². The van der Waals surface area contributed by atoms with Crippen LogP contribution in [-0.2, 0) is 24.3 Å². The minimum absolute atomic E-state index is 0.174. The Morgan fingerprint density at radius 2 is 1.56 bits per heavy atom. The van der Waals surface area contributed by atoms with E-state index in [1.807, 2.05) is 39.1 Å². The molecule has 1 saturated heterocycles. The Morgan fingerprint density at radius 3 is 2.00 bits per heavy atom. The zero-order valence-electron chi connectivity index (χ0n) is 19.5. The van der Waals surface area contributed by atoms with Crippen LogP contribution in [0.2, 0.25) is 0 Å². The first-order valence-electron chi connectivity index (χ1n) is 10.7. The molecule has 1 aliphatic heterocycles. The summed E-state index contributed by atoms with van der Waals surface area (Å²) < 4.78 is 33.5. The van der Waals surface area contributed by atoms with Gasteiger partial charge in [0.05, 0.1) is 10.8 Å². The van der Waals surface area contributed by atoms with Gasteiger partial charge in [-0.2, -0.15) is 4.31 Å². The van der Waals surface area contributed by atoms with Crippen molar-refractivity contribution in [1.29, 1.82) is 0 Å². The van der Waals surface area contributed by atoms with Crippen molar-refractivity contribution < 1.29 is 27.5 Å². The fourth-order valence-electron chi connectivity index (χ4n) is 3.93. The van der Waals surface area contributed by atoms with Crippen molar-refractivity contribution in [3.63, 3.8) is 0 Å². The summed E-state index contributed by atoms with van der Waals surface area (Å²) in [6.45, 7) is 11.1. The first-order valence-corrected chi connectivity index (χ1v) is 12.1. The van der Waals surface area contributed by atoms with Crippen molar-refractivity contribution in [3.8, 4) is 0 Å². The van der Waals surface area contributed by atoms with Crippen LogP contribution in [0.3, 0.4) is 0 Å². The number of nitrogens with zero attached hydrogens (tertiary/aromatic N) is 1. The lowest BCUT2D eigenvalue weighted by atomic mass is 9.98. The Balaban J connectivity index is 2.12. The topological polar surface area (TPSA) is 136 Å². The lowest BCUT2D eigenvalue weighted by Crippen LogP contribution is -2.47. The molecule has 0 radical (unpaired) electrons. The van der Waals surface area contributed by atoms with Gasteiger partial charge >= 0.3 is 12.0 Å². The number of primary amides is 1. The predicted octanol–water partition coefficient (Wildman–Crippen LogP) is 2.08. The largest absolute Gasteiger partial charge is 0.452 e. The number of imide groups is 1. The molecule has 2 rings (SSSR count). The zero-order chi connectivity index (χ0) is 24.4. The SMILES string of the molecule is Cc1cc(C)c(C)c(S(=O)(=O)N2CCC(C(=O)OC(C(=O)NC(N)=O)C(C)C)CC2)c1C. The van der Waals surface area contributed by atoms with Crippen LogP contribution in [-0.4, -0.2) is 49.8 Å². The number of nitrogens with two attached hydrogens (primary N) is 1. The monoisotopic (exact) mass is 467 g/mol. The molecular weight excluding hydrogens is 434 g/mol. The molecule has 0 saturated carbocycles. The van der Waals surface area contributed by atoms with Crippen LogP contribution in [0.5, 0.6) is 0 Å². The number of hydrogen-bond acceptors (Lipinski definition) is 6. The molecule has 0 spiro atoms. The molecule has 1 heterocycles. The highest BCUT2D eigenvalue weighted by Crippen LogP contribution is 2.31. The molecule has 1 aromatic rings. The van der Waals surface area contributed by atoms with Gasteiger partial charge < -0.3 is 10.5 Å². The molecule has 10 heteroatoms. The summed E-state index contributed by atoms with van der Waals surface area (Å²) in [5.41, 5.74) is 8.27. The van der Waals surface area contributed by atoms with E-state index in [-0.39, 0.29) is 31.8 Å². The van der Waals surface area contributed by atoms with Gasteiger partial charge in [-0.05, 0) is 68.7 Å². The van der Waals surface area contributed by atoms with Gasteiger partial charge in [-0.15, -0.1) is 0 Å². The third kappa shape index (κ3) is 5.47. The van der Waals surface area contributed by atoms with Gasteiger partial charge in [0.25, 0.3) is 5.91 Å². The second-order valence-electron chi connectivity index (χ2n) is 8.72. The predicted molar refractivity (Wildman–Crippen MR) is 119 cm³/mol. The molecule has 1 fully saturated rings. The van der Waals surface area contributed by atoms with Crippen LogP contribution < -0.4 is 11.1 Å². The number of urea groups is 1. The number of hydrogen-bond donors (Lipinski definition) is 2. The molecule has 0 aromatic heterocycles. The lowest BCUT2D eigenvalue weighted by Gasteiger charge is -2.32. The van der Waals surface area contributed by atoms with E-state index >= 15 is 0 Å². The van der Waals surface area contributed by atoms with E-state index in [1.165, 1.54) is 4.31 Å². The molecule has 9 nitrogen and oxygen atoms in total. The van der Waals surface area contributed by atoms with Crippen molar-refractivity contribution in [3.05, 3.63) is 28.3 Å². The molecule has 1 unspecified atom stereocenters. The Labute approximate surface area is 189 Å². The zero-order valence-corrected chi connectivity index (χ0v) is 20.3. The highest BCUT2D eigenvalue weighted by molar-refractivity contribution is 7.89. The number of benzene rings is 1.